The predicted molar refractivity (Wildman–Crippen MR) is 94.3 cm³/mol. The fourth-order valence-electron chi connectivity index (χ4n) is 3.02. The second kappa shape index (κ2) is 7.75. The number of cyclic esters (lactones) is 1. The van der Waals surface area contributed by atoms with Gasteiger partial charge < -0.3 is 19.3 Å². The van der Waals surface area contributed by atoms with Gasteiger partial charge in [-0.25, -0.2) is 4.39 Å². The number of benzene rings is 2. The molecule has 1 saturated heterocycles. The maximum Gasteiger partial charge on any atom is 0.313 e. The molecule has 2 aromatic rings. The van der Waals surface area contributed by atoms with Crippen molar-refractivity contribution in [1.29, 1.82) is 0 Å². The molecule has 27 heavy (non-hydrogen) atoms. The van der Waals surface area contributed by atoms with Gasteiger partial charge in [-0.3, -0.25) is 9.59 Å². The number of methoxy groups -OCH3 is 1. The number of aromatic hydroxyl groups is 1. The number of hydrogen-bond acceptors (Lipinski definition) is 6. The number of phenolic OH excluding ortho intramolecular Hbond substituents is 1. The van der Waals surface area contributed by atoms with Gasteiger partial charge in [-0.1, -0.05) is 0 Å². The molecule has 1 N–H and O–H groups in total. The Morgan fingerprint density at radius 2 is 2.07 bits per heavy atom. The molecule has 7 heteroatoms. The van der Waals surface area contributed by atoms with Gasteiger partial charge >= 0.3 is 5.97 Å². The largest absolute Gasteiger partial charge is 0.507 e. The number of rotatable bonds is 6. The molecule has 0 saturated carbocycles. The molecular weight excluding hydrogens is 355 g/mol. The maximum absolute atomic E-state index is 13.9. The fraction of sp³-hybridized carbons (Fsp3) is 0.300. The van der Waals surface area contributed by atoms with Gasteiger partial charge in [0.15, 0.2) is 12.6 Å². The first kappa shape index (κ1) is 18.8. The number of halogens is 1. The minimum absolute atomic E-state index is 0.00259. The third-order valence-corrected chi connectivity index (χ3v) is 4.48. The van der Waals surface area contributed by atoms with Crippen molar-refractivity contribution in [3.8, 4) is 22.6 Å². The van der Waals surface area contributed by atoms with Crippen LogP contribution in [0.4, 0.5) is 4.39 Å². The van der Waals surface area contributed by atoms with Gasteiger partial charge in [0, 0.05) is 18.2 Å². The first-order chi connectivity index (χ1) is 12.9. The number of hydrogen-bond donors (Lipinski definition) is 1. The van der Waals surface area contributed by atoms with Crippen molar-refractivity contribution in [1.82, 2.24) is 0 Å². The normalized spacial score (nSPS) is 17.4. The topological polar surface area (TPSA) is 82.1 Å². The van der Waals surface area contributed by atoms with E-state index in [0.717, 1.165) is 0 Å². The summed E-state index contributed by atoms with van der Waals surface area (Å²) in [6.07, 6.45) is 0.337. The Morgan fingerprint density at radius 3 is 2.70 bits per heavy atom. The number of esters is 1. The zero-order valence-corrected chi connectivity index (χ0v) is 14.9. The predicted octanol–water partition coefficient (Wildman–Crippen LogP) is 3.41. The van der Waals surface area contributed by atoms with Crippen LogP contribution >= 0.6 is 0 Å². The molecule has 0 amide bonds. The van der Waals surface area contributed by atoms with E-state index in [1.165, 1.54) is 31.4 Å². The summed E-state index contributed by atoms with van der Waals surface area (Å²) >= 11 is 0. The lowest BCUT2D eigenvalue weighted by Crippen LogP contribution is -2.14. The summed E-state index contributed by atoms with van der Waals surface area (Å²) in [6.45, 7) is 1.95. The number of aldehydes is 1. The third kappa shape index (κ3) is 3.78. The van der Waals surface area contributed by atoms with Crippen LogP contribution in [0.2, 0.25) is 0 Å². The maximum atomic E-state index is 13.9. The highest BCUT2D eigenvalue weighted by atomic mass is 19.1. The zero-order chi connectivity index (χ0) is 19.6. The molecule has 1 heterocycles. The highest BCUT2D eigenvalue weighted by Crippen LogP contribution is 2.41. The van der Waals surface area contributed by atoms with Crippen molar-refractivity contribution >= 4 is 12.3 Å². The lowest BCUT2D eigenvalue weighted by atomic mass is 9.91. The minimum Gasteiger partial charge on any atom is -0.507 e. The molecule has 2 unspecified atom stereocenters. The Hall–Kier alpha value is -2.93. The van der Waals surface area contributed by atoms with Gasteiger partial charge in [-0.2, -0.15) is 0 Å². The fourth-order valence-corrected chi connectivity index (χ4v) is 3.02. The van der Waals surface area contributed by atoms with Crippen molar-refractivity contribution < 1.29 is 33.3 Å². The summed E-state index contributed by atoms with van der Waals surface area (Å²) in [6, 6.07) is 6.82. The molecule has 2 atom stereocenters. The van der Waals surface area contributed by atoms with Gasteiger partial charge in [0.05, 0.1) is 18.1 Å². The first-order valence-corrected chi connectivity index (χ1v) is 8.42. The van der Waals surface area contributed by atoms with Gasteiger partial charge in [0.25, 0.3) is 0 Å². The van der Waals surface area contributed by atoms with Crippen molar-refractivity contribution in [2.75, 3.05) is 13.7 Å². The molecule has 1 fully saturated rings. The Bertz CT molecular complexity index is 879. The summed E-state index contributed by atoms with van der Waals surface area (Å²) in [5.41, 5.74) is 0.944. The van der Waals surface area contributed by atoms with Crippen LogP contribution in [0.25, 0.3) is 11.1 Å². The van der Waals surface area contributed by atoms with Gasteiger partial charge in [0.1, 0.15) is 17.3 Å². The van der Waals surface area contributed by atoms with Crippen LogP contribution in [0.1, 0.15) is 35.2 Å². The van der Waals surface area contributed by atoms with E-state index < -0.39 is 24.0 Å². The van der Waals surface area contributed by atoms with E-state index in [9.17, 15) is 19.1 Å². The Morgan fingerprint density at radius 1 is 1.30 bits per heavy atom. The average molecular weight is 374 g/mol. The Balaban J connectivity index is 2.17. The first-order valence-electron chi connectivity index (χ1n) is 8.42. The van der Waals surface area contributed by atoms with E-state index in [4.69, 9.17) is 14.2 Å². The van der Waals surface area contributed by atoms with Crippen LogP contribution in [0, 0.1) is 5.82 Å². The quantitative estimate of drug-likeness (QED) is 0.474. The average Bonchev–Trinajstić information content (AvgIpc) is 3.09. The number of carbonyl (C=O) groups excluding carboxylic acids is 2. The summed E-state index contributed by atoms with van der Waals surface area (Å²) in [5.74, 6) is -1.53. The van der Waals surface area contributed by atoms with E-state index in [0.29, 0.717) is 18.3 Å². The van der Waals surface area contributed by atoms with Crippen molar-refractivity contribution in [3.63, 3.8) is 0 Å². The molecule has 6 nitrogen and oxygen atoms in total. The second-order valence-electron chi connectivity index (χ2n) is 6.19. The smallest absolute Gasteiger partial charge is 0.313 e. The molecule has 1 aliphatic heterocycles. The standard InChI is InChI=1S/C20H19FO6/c1-11(25-2)27-18-4-3-14(21)9-16(18)17-8-12(7-13(10-22)19(17)23)15-5-6-26-20(15)24/h3-4,7-11,15,23H,5-6H2,1-2H3. The molecule has 3 rings (SSSR count). The number of carbonyl (C=O) groups is 2. The third-order valence-electron chi connectivity index (χ3n) is 4.48. The summed E-state index contributed by atoms with van der Waals surface area (Å²) < 4.78 is 29.6. The SMILES string of the molecule is COC(C)Oc1ccc(F)cc1-c1cc(C2CCOC2=O)cc(C=O)c1O. The van der Waals surface area contributed by atoms with Crippen LogP contribution in [0.3, 0.4) is 0 Å². The van der Waals surface area contributed by atoms with Gasteiger partial charge in [-0.15, -0.1) is 0 Å². The van der Waals surface area contributed by atoms with Crippen molar-refractivity contribution in [3.05, 3.63) is 47.3 Å². The molecule has 142 valence electrons. The van der Waals surface area contributed by atoms with E-state index in [1.807, 2.05) is 0 Å². The molecule has 0 aliphatic carbocycles. The Kier molecular flexibility index (Phi) is 5.41. The van der Waals surface area contributed by atoms with Crippen molar-refractivity contribution in [2.24, 2.45) is 0 Å². The molecule has 1 aliphatic rings. The Labute approximate surface area is 155 Å². The van der Waals surface area contributed by atoms with E-state index >= 15 is 0 Å². The van der Waals surface area contributed by atoms with Crippen LogP contribution in [-0.2, 0) is 14.3 Å². The highest BCUT2D eigenvalue weighted by molar-refractivity contribution is 5.90. The summed E-state index contributed by atoms with van der Waals surface area (Å²) in [4.78, 5) is 23.4. The molecule has 0 aromatic heterocycles. The molecule has 2 aromatic carbocycles. The van der Waals surface area contributed by atoms with E-state index in [-0.39, 0.29) is 34.8 Å². The molecule has 0 spiro atoms. The van der Waals surface area contributed by atoms with Crippen molar-refractivity contribution in [2.45, 2.75) is 25.6 Å². The lowest BCUT2D eigenvalue weighted by Gasteiger charge is -2.18. The highest BCUT2D eigenvalue weighted by Gasteiger charge is 2.30. The summed E-state index contributed by atoms with van der Waals surface area (Å²) in [7, 11) is 1.46. The zero-order valence-electron chi connectivity index (χ0n) is 14.9. The number of phenols is 1. The van der Waals surface area contributed by atoms with Crippen LogP contribution in [-0.4, -0.2) is 37.4 Å². The van der Waals surface area contributed by atoms with Gasteiger partial charge in [-0.05, 0) is 49.2 Å². The molecule has 0 radical (unpaired) electrons. The van der Waals surface area contributed by atoms with Crippen LogP contribution < -0.4 is 4.74 Å². The van der Waals surface area contributed by atoms with Crippen LogP contribution in [0.15, 0.2) is 30.3 Å². The van der Waals surface area contributed by atoms with E-state index in [2.05, 4.69) is 0 Å². The van der Waals surface area contributed by atoms with Gasteiger partial charge in [0.2, 0.25) is 0 Å². The molecule has 0 bridgehead atoms. The van der Waals surface area contributed by atoms with E-state index in [1.54, 1.807) is 13.0 Å². The monoisotopic (exact) mass is 374 g/mol. The minimum atomic E-state index is -0.616. The van der Waals surface area contributed by atoms with Crippen LogP contribution in [0.5, 0.6) is 11.5 Å². The second-order valence-corrected chi connectivity index (χ2v) is 6.19. The molecular formula is C20H19FO6. The lowest BCUT2D eigenvalue weighted by molar-refractivity contribution is -0.139. The number of ether oxygens (including phenoxy) is 3. The summed E-state index contributed by atoms with van der Waals surface area (Å²) in [5, 5.41) is 10.5.